The van der Waals surface area contributed by atoms with Crippen molar-refractivity contribution in [3.8, 4) is 11.3 Å². The zero-order chi connectivity index (χ0) is 29.1. The number of benzene rings is 1. The molecule has 1 aliphatic rings. The number of aryl methyl sites for hydroxylation is 1. The summed E-state index contributed by atoms with van der Waals surface area (Å²) in [5, 5.41) is 3.83. The number of ether oxygens (including phenoxy) is 1. The highest BCUT2D eigenvalue weighted by atomic mass is 32.1. The molecule has 1 fully saturated rings. The molecule has 0 spiro atoms. The first-order valence-electron chi connectivity index (χ1n) is 13.8. The van der Waals surface area contributed by atoms with Crippen LogP contribution in [0.15, 0.2) is 54.7 Å². The summed E-state index contributed by atoms with van der Waals surface area (Å²) in [7, 11) is 0. The summed E-state index contributed by atoms with van der Waals surface area (Å²) in [5.41, 5.74) is 11.2. The van der Waals surface area contributed by atoms with Crippen LogP contribution < -0.4 is 16.0 Å². The van der Waals surface area contributed by atoms with Gasteiger partial charge in [-0.25, -0.2) is 9.78 Å². The van der Waals surface area contributed by atoms with Crippen molar-refractivity contribution in [2.45, 2.75) is 39.7 Å². The molecule has 3 aromatic heterocycles. The van der Waals surface area contributed by atoms with Crippen molar-refractivity contribution >= 4 is 44.9 Å². The summed E-state index contributed by atoms with van der Waals surface area (Å²) < 4.78 is 5.56. The van der Waals surface area contributed by atoms with Crippen LogP contribution >= 0.6 is 11.3 Å². The summed E-state index contributed by atoms with van der Waals surface area (Å²) in [5.74, 6) is -0.187. The minimum atomic E-state index is -0.517. The van der Waals surface area contributed by atoms with Gasteiger partial charge in [0.05, 0.1) is 11.4 Å². The maximum atomic E-state index is 12.9. The number of hydrogen-bond donors (Lipinski definition) is 2. The number of nitrogens with two attached hydrogens (primary N) is 1. The number of rotatable bonds is 6. The molecule has 4 heterocycles. The van der Waals surface area contributed by atoms with Gasteiger partial charge in [-0.15, -0.1) is 11.3 Å². The quantitative estimate of drug-likeness (QED) is 0.323. The molecule has 1 saturated heterocycles. The van der Waals surface area contributed by atoms with Crippen LogP contribution in [-0.2, 0) is 11.2 Å². The molecular formula is C31H36N6O3S. The third-order valence-corrected chi connectivity index (χ3v) is 8.03. The Labute approximate surface area is 244 Å². The summed E-state index contributed by atoms with van der Waals surface area (Å²) in [4.78, 5) is 39.9. The average molecular weight is 573 g/mol. The number of pyridine rings is 2. The van der Waals surface area contributed by atoms with Gasteiger partial charge in [0, 0.05) is 61.3 Å². The van der Waals surface area contributed by atoms with Crippen LogP contribution in [-0.4, -0.2) is 65.2 Å². The molecule has 2 amide bonds. The minimum Gasteiger partial charge on any atom is -0.444 e. The van der Waals surface area contributed by atoms with Gasteiger partial charge in [0.15, 0.2) is 0 Å². The molecule has 5 rings (SSSR count). The number of amides is 2. The van der Waals surface area contributed by atoms with E-state index in [0.717, 1.165) is 38.4 Å². The second kappa shape index (κ2) is 11.7. The lowest BCUT2D eigenvalue weighted by atomic mass is 10.0. The van der Waals surface area contributed by atoms with Gasteiger partial charge in [-0.2, -0.15) is 0 Å². The fourth-order valence-corrected chi connectivity index (χ4v) is 5.91. The molecule has 3 N–H and O–H groups in total. The van der Waals surface area contributed by atoms with Crippen LogP contribution in [0, 0.1) is 6.92 Å². The fraction of sp³-hybridized carbons (Fsp3) is 0.355. The molecule has 41 heavy (non-hydrogen) atoms. The van der Waals surface area contributed by atoms with E-state index in [9.17, 15) is 9.59 Å². The lowest BCUT2D eigenvalue weighted by Crippen LogP contribution is -2.50. The highest BCUT2D eigenvalue weighted by Crippen LogP contribution is 2.33. The first-order chi connectivity index (χ1) is 19.6. The van der Waals surface area contributed by atoms with Crippen molar-refractivity contribution in [3.63, 3.8) is 0 Å². The molecule has 0 saturated carbocycles. The number of nitrogens with zero attached hydrogens (tertiary/aromatic N) is 4. The zero-order valence-corrected chi connectivity index (χ0v) is 24.8. The van der Waals surface area contributed by atoms with Crippen LogP contribution in [0.2, 0.25) is 0 Å². The van der Waals surface area contributed by atoms with Crippen LogP contribution in [0.1, 0.15) is 41.7 Å². The van der Waals surface area contributed by atoms with Gasteiger partial charge in [-0.05, 0) is 76.1 Å². The Morgan fingerprint density at radius 3 is 2.56 bits per heavy atom. The van der Waals surface area contributed by atoms with E-state index in [1.165, 1.54) is 11.3 Å². The third kappa shape index (κ3) is 6.59. The summed E-state index contributed by atoms with van der Waals surface area (Å²) in [6.07, 6.45) is 2.17. The maximum absolute atomic E-state index is 12.9. The first kappa shape index (κ1) is 28.4. The van der Waals surface area contributed by atoms with Crippen molar-refractivity contribution in [2.24, 2.45) is 0 Å². The van der Waals surface area contributed by atoms with Gasteiger partial charge in [0.1, 0.15) is 15.3 Å². The predicted octanol–water partition coefficient (Wildman–Crippen LogP) is 5.28. The molecule has 1 aliphatic heterocycles. The average Bonchev–Trinajstić information content (AvgIpc) is 3.28. The normalized spacial score (nSPS) is 13.9. The Hall–Kier alpha value is -4.18. The second-order valence-corrected chi connectivity index (χ2v) is 12.2. The number of aromatic nitrogens is 2. The molecule has 4 aromatic rings. The molecule has 9 nitrogen and oxygen atoms in total. The standard InChI is InChI=1S/C31H36N6O3S/c1-20-8-10-22-26(32)27(41-29(22)35-20)28(38)34-14-12-21-9-11-25(23(19-21)24-7-5-6-13-33-24)36-15-17-37(18-16-36)30(39)40-31(2,3)4/h5-11,13,19H,12,14-18,32H2,1-4H3,(H,34,38). The van der Waals surface area contributed by atoms with Crippen molar-refractivity contribution in [2.75, 3.05) is 43.4 Å². The summed E-state index contributed by atoms with van der Waals surface area (Å²) in [6, 6.07) is 16.0. The van der Waals surface area contributed by atoms with Crippen LogP contribution in [0.3, 0.4) is 0 Å². The van der Waals surface area contributed by atoms with Crippen LogP contribution in [0.4, 0.5) is 16.2 Å². The monoisotopic (exact) mass is 572 g/mol. The molecule has 1 aromatic carbocycles. The number of carbonyl (C=O) groups excluding carboxylic acids is 2. The van der Waals surface area contributed by atoms with Crippen molar-refractivity contribution in [1.29, 1.82) is 0 Å². The zero-order valence-electron chi connectivity index (χ0n) is 23.9. The van der Waals surface area contributed by atoms with Crippen molar-refractivity contribution < 1.29 is 14.3 Å². The fourth-order valence-electron chi connectivity index (χ4n) is 4.86. The van der Waals surface area contributed by atoms with E-state index in [-0.39, 0.29) is 12.0 Å². The van der Waals surface area contributed by atoms with Crippen LogP contribution in [0.5, 0.6) is 0 Å². The molecule has 214 valence electrons. The Morgan fingerprint density at radius 2 is 1.85 bits per heavy atom. The Balaban J connectivity index is 1.27. The number of thiophene rings is 1. The highest BCUT2D eigenvalue weighted by Gasteiger charge is 2.27. The maximum Gasteiger partial charge on any atom is 0.410 e. The SMILES string of the molecule is Cc1ccc2c(N)c(C(=O)NCCc3ccc(N4CCN(C(=O)OC(C)(C)C)CC4)c(-c4ccccn4)c3)sc2n1. The van der Waals surface area contributed by atoms with E-state index in [1.807, 2.05) is 58.0 Å². The summed E-state index contributed by atoms with van der Waals surface area (Å²) >= 11 is 1.32. The molecule has 10 heteroatoms. The molecule has 0 bridgehead atoms. The Bertz CT molecular complexity index is 1560. The van der Waals surface area contributed by atoms with E-state index >= 15 is 0 Å². The molecule has 0 aliphatic carbocycles. The van der Waals surface area contributed by atoms with Crippen molar-refractivity contribution in [3.05, 3.63) is 70.9 Å². The molecule has 0 unspecified atom stereocenters. The largest absolute Gasteiger partial charge is 0.444 e. The number of carbonyl (C=O) groups is 2. The van der Waals surface area contributed by atoms with Crippen LogP contribution in [0.25, 0.3) is 21.5 Å². The predicted molar refractivity (Wildman–Crippen MR) is 164 cm³/mol. The highest BCUT2D eigenvalue weighted by molar-refractivity contribution is 7.21. The lowest BCUT2D eigenvalue weighted by molar-refractivity contribution is 0.0240. The minimum absolute atomic E-state index is 0.187. The number of piperazine rings is 1. The number of hydrogen-bond acceptors (Lipinski definition) is 8. The first-order valence-corrected chi connectivity index (χ1v) is 14.6. The third-order valence-electron chi connectivity index (χ3n) is 6.91. The summed E-state index contributed by atoms with van der Waals surface area (Å²) in [6.45, 7) is 10.6. The van der Waals surface area contributed by atoms with Gasteiger partial charge in [0.2, 0.25) is 0 Å². The van der Waals surface area contributed by atoms with Gasteiger partial charge in [-0.1, -0.05) is 12.1 Å². The molecule has 0 atom stereocenters. The van der Waals surface area contributed by atoms with Gasteiger partial charge in [-0.3, -0.25) is 9.78 Å². The second-order valence-electron chi connectivity index (χ2n) is 11.2. The van der Waals surface area contributed by atoms with E-state index in [4.69, 9.17) is 10.5 Å². The Kier molecular flexibility index (Phi) is 8.12. The number of nitrogen functional groups attached to an aromatic ring is 1. The molecular weight excluding hydrogens is 536 g/mol. The smallest absolute Gasteiger partial charge is 0.410 e. The van der Waals surface area contributed by atoms with E-state index < -0.39 is 5.60 Å². The van der Waals surface area contributed by atoms with Gasteiger partial charge >= 0.3 is 6.09 Å². The number of nitrogens with one attached hydrogen (secondary N) is 1. The molecule has 0 radical (unpaired) electrons. The van der Waals surface area contributed by atoms with Gasteiger partial charge < -0.3 is 25.6 Å². The topological polar surface area (TPSA) is 114 Å². The number of anilines is 2. The van der Waals surface area contributed by atoms with Gasteiger partial charge in [0.25, 0.3) is 5.91 Å². The Morgan fingerprint density at radius 1 is 1.07 bits per heavy atom. The van der Waals surface area contributed by atoms with E-state index in [1.54, 1.807) is 11.1 Å². The lowest BCUT2D eigenvalue weighted by Gasteiger charge is -2.37. The van der Waals surface area contributed by atoms with E-state index in [0.29, 0.717) is 49.7 Å². The van der Waals surface area contributed by atoms with Crippen molar-refractivity contribution in [1.82, 2.24) is 20.2 Å². The number of fused-ring (bicyclic) bond motifs is 1. The van der Waals surface area contributed by atoms with E-state index in [2.05, 4.69) is 38.4 Å².